The maximum absolute atomic E-state index is 12.6. The number of nitrogens with zero attached hydrogens (tertiary/aromatic N) is 1. The Balaban J connectivity index is 2.50. The Morgan fingerprint density at radius 3 is 2.35 bits per heavy atom. The molecule has 0 radical (unpaired) electrons. The lowest BCUT2D eigenvalue weighted by atomic mass is 9.68. The molecule has 20 heavy (non-hydrogen) atoms. The minimum absolute atomic E-state index is 0.309. The Kier molecular flexibility index (Phi) is 3.61. The van der Waals surface area contributed by atoms with E-state index in [4.69, 9.17) is 0 Å². The van der Waals surface area contributed by atoms with E-state index in [1.165, 1.54) is 7.05 Å². The van der Waals surface area contributed by atoms with Crippen LogP contribution < -0.4 is 5.32 Å². The second kappa shape index (κ2) is 5.07. The van der Waals surface area contributed by atoms with Gasteiger partial charge in [0.05, 0.1) is 0 Å². The molecule has 1 aliphatic heterocycles. The maximum atomic E-state index is 12.6. The standard InChI is InChI=1S/C15H18N2O3/c1-4-15(10(2)11-8-6-5-7-9-11)12(18)16-14(20)17(3)13(15)19/h5-10H,4H2,1-3H3,(H,16,18,20). The summed E-state index contributed by atoms with van der Waals surface area (Å²) in [6.07, 6.45) is 0.339. The van der Waals surface area contributed by atoms with E-state index in [0.29, 0.717) is 6.42 Å². The number of barbiturate groups is 1. The largest absolute Gasteiger partial charge is 0.330 e. The van der Waals surface area contributed by atoms with Crippen molar-refractivity contribution >= 4 is 17.8 Å². The Morgan fingerprint density at radius 2 is 1.80 bits per heavy atom. The fourth-order valence-corrected chi connectivity index (χ4v) is 2.81. The molecule has 1 heterocycles. The van der Waals surface area contributed by atoms with Crippen molar-refractivity contribution in [1.82, 2.24) is 10.2 Å². The van der Waals surface area contributed by atoms with Crippen LogP contribution >= 0.6 is 0 Å². The van der Waals surface area contributed by atoms with Crippen molar-refractivity contribution in [1.29, 1.82) is 0 Å². The summed E-state index contributed by atoms with van der Waals surface area (Å²) in [6.45, 7) is 3.64. The average molecular weight is 274 g/mol. The maximum Gasteiger partial charge on any atom is 0.330 e. The Morgan fingerprint density at radius 1 is 1.20 bits per heavy atom. The molecule has 1 N–H and O–H groups in total. The van der Waals surface area contributed by atoms with E-state index < -0.39 is 23.3 Å². The highest BCUT2D eigenvalue weighted by atomic mass is 16.2. The molecule has 1 aromatic carbocycles. The summed E-state index contributed by atoms with van der Waals surface area (Å²) in [5.74, 6) is -1.26. The summed E-state index contributed by atoms with van der Waals surface area (Å²) in [7, 11) is 1.40. The molecule has 2 atom stereocenters. The van der Waals surface area contributed by atoms with E-state index in [-0.39, 0.29) is 5.92 Å². The van der Waals surface area contributed by atoms with Gasteiger partial charge in [-0.25, -0.2) is 4.79 Å². The molecule has 0 bridgehead atoms. The first-order valence-corrected chi connectivity index (χ1v) is 6.63. The van der Waals surface area contributed by atoms with Crippen molar-refractivity contribution in [2.75, 3.05) is 7.05 Å². The fourth-order valence-electron chi connectivity index (χ4n) is 2.81. The van der Waals surface area contributed by atoms with Crippen molar-refractivity contribution in [3.8, 4) is 0 Å². The van der Waals surface area contributed by atoms with Crippen LogP contribution in [0.25, 0.3) is 0 Å². The van der Waals surface area contributed by atoms with Gasteiger partial charge in [-0.15, -0.1) is 0 Å². The van der Waals surface area contributed by atoms with Gasteiger partial charge in [0.2, 0.25) is 11.8 Å². The summed E-state index contributed by atoms with van der Waals surface area (Å²) in [5, 5.41) is 2.28. The molecule has 4 amide bonds. The van der Waals surface area contributed by atoms with Crippen molar-refractivity contribution in [3.63, 3.8) is 0 Å². The summed E-state index contributed by atoms with van der Waals surface area (Å²) in [6, 6.07) is 8.74. The number of imide groups is 2. The fraction of sp³-hybridized carbons (Fsp3) is 0.400. The Hall–Kier alpha value is -2.17. The number of benzene rings is 1. The Bertz CT molecular complexity index is 555. The van der Waals surface area contributed by atoms with Crippen LogP contribution in [-0.2, 0) is 9.59 Å². The van der Waals surface area contributed by atoms with Gasteiger partial charge in [0.1, 0.15) is 5.41 Å². The van der Waals surface area contributed by atoms with Crippen LogP contribution in [0.5, 0.6) is 0 Å². The van der Waals surface area contributed by atoms with Gasteiger partial charge in [-0.2, -0.15) is 0 Å². The third-order valence-corrected chi connectivity index (χ3v) is 4.21. The second-order valence-corrected chi connectivity index (χ2v) is 5.08. The van der Waals surface area contributed by atoms with Crippen molar-refractivity contribution < 1.29 is 14.4 Å². The van der Waals surface area contributed by atoms with Crippen LogP contribution in [0.4, 0.5) is 4.79 Å². The predicted octanol–water partition coefficient (Wildman–Crippen LogP) is 1.89. The summed E-state index contributed by atoms with van der Waals surface area (Å²) in [5.41, 5.74) is -0.329. The topological polar surface area (TPSA) is 66.5 Å². The quantitative estimate of drug-likeness (QED) is 0.856. The number of rotatable bonds is 3. The number of amides is 4. The van der Waals surface area contributed by atoms with Crippen LogP contribution in [0.15, 0.2) is 30.3 Å². The minimum atomic E-state index is -1.23. The van der Waals surface area contributed by atoms with E-state index in [1.807, 2.05) is 37.3 Å². The molecule has 0 spiro atoms. The smallest absolute Gasteiger partial charge is 0.277 e. The molecule has 0 saturated carbocycles. The molecule has 5 heteroatoms. The van der Waals surface area contributed by atoms with Crippen LogP contribution in [0.3, 0.4) is 0 Å². The Labute approximate surface area is 118 Å². The van der Waals surface area contributed by atoms with Crippen LogP contribution in [0, 0.1) is 5.41 Å². The SMILES string of the molecule is CCC1(C(C)c2ccccc2)C(=O)NC(=O)N(C)C1=O. The molecule has 0 aliphatic carbocycles. The van der Waals surface area contributed by atoms with E-state index in [1.54, 1.807) is 6.92 Å². The van der Waals surface area contributed by atoms with E-state index in [0.717, 1.165) is 10.5 Å². The molecule has 5 nitrogen and oxygen atoms in total. The first-order chi connectivity index (χ1) is 9.45. The molecule has 1 saturated heterocycles. The lowest BCUT2D eigenvalue weighted by molar-refractivity contribution is -0.152. The summed E-state index contributed by atoms with van der Waals surface area (Å²) >= 11 is 0. The van der Waals surface area contributed by atoms with E-state index in [9.17, 15) is 14.4 Å². The zero-order chi connectivity index (χ0) is 14.9. The van der Waals surface area contributed by atoms with Crippen LogP contribution in [0.2, 0.25) is 0 Å². The minimum Gasteiger partial charge on any atom is -0.277 e. The highest BCUT2D eigenvalue weighted by Gasteiger charge is 2.55. The number of carbonyl (C=O) groups is 3. The number of hydrogen-bond donors (Lipinski definition) is 1. The summed E-state index contributed by atoms with van der Waals surface area (Å²) < 4.78 is 0. The van der Waals surface area contributed by atoms with Gasteiger partial charge < -0.3 is 0 Å². The predicted molar refractivity (Wildman–Crippen MR) is 73.9 cm³/mol. The lowest BCUT2D eigenvalue weighted by Gasteiger charge is -2.41. The molecule has 1 aliphatic rings. The second-order valence-electron chi connectivity index (χ2n) is 5.08. The molecule has 0 aromatic heterocycles. The number of nitrogens with one attached hydrogen (secondary N) is 1. The van der Waals surface area contributed by atoms with Gasteiger partial charge in [0.15, 0.2) is 0 Å². The van der Waals surface area contributed by atoms with Crippen molar-refractivity contribution in [2.45, 2.75) is 26.2 Å². The first kappa shape index (κ1) is 14.2. The van der Waals surface area contributed by atoms with Gasteiger partial charge >= 0.3 is 6.03 Å². The number of hydrogen-bond acceptors (Lipinski definition) is 3. The summed E-state index contributed by atoms with van der Waals surface area (Å²) in [4.78, 5) is 37.4. The average Bonchev–Trinajstić information content (AvgIpc) is 2.46. The number of carbonyl (C=O) groups excluding carboxylic acids is 3. The molecule has 2 unspecified atom stereocenters. The van der Waals surface area contributed by atoms with Gasteiger partial charge in [-0.3, -0.25) is 19.8 Å². The van der Waals surface area contributed by atoms with Gasteiger partial charge in [0.25, 0.3) is 0 Å². The number of urea groups is 1. The van der Waals surface area contributed by atoms with E-state index in [2.05, 4.69) is 5.32 Å². The monoisotopic (exact) mass is 274 g/mol. The highest BCUT2D eigenvalue weighted by Crippen LogP contribution is 2.42. The molecule has 106 valence electrons. The molecule has 1 aromatic rings. The zero-order valence-electron chi connectivity index (χ0n) is 11.8. The molecule has 2 rings (SSSR count). The zero-order valence-corrected chi connectivity index (χ0v) is 11.8. The van der Waals surface area contributed by atoms with E-state index >= 15 is 0 Å². The van der Waals surface area contributed by atoms with Crippen LogP contribution in [-0.4, -0.2) is 29.8 Å². The molecular formula is C15H18N2O3. The van der Waals surface area contributed by atoms with Crippen LogP contribution in [0.1, 0.15) is 31.7 Å². The third-order valence-electron chi connectivity index (χ3n) is 4.21. The molecule has 1 fully saturated rings. The van der Waals surface area contributed by atoms with Crippen molar-refractivity contribution in [3.05, 3.63) is 35.9 Å². The first-order valence-electron chi connectivity index (χ1n) is 6.63. The normalized spacial score (nSPS) is 24.6. The van der Waals surface area contributed by atoms with Crippen molar-refractivity contribution in [2.24, 2.45) is 5.41 Å². The van der Waals surface area contributed by atoms with Gasteiger partial charge in [-0.05, 0) is 12.0 Å². The molecular weight excluding hydrogens is 256 g/mol. The third kappa shape index (κ3) is 1.90. The lowest BCUT2D eigenvalue weighted by Crippen LogP contribution is -2.64. The highest BCUT2D eigenvalue weighted by molar-refractivity contribution is 6.19. The van der Waals surface area contributed by atoms with Gasteiger partial charge in [-0.1, -0.05) is 44.2 Å². The van der Waals surface area contributed by atoms with Gasteiger partial charge in [0, 0.05) is 13.0 Å².